The van der Waals surface area contributed by atoms with Crippen molar-refractivity contribution in [2.45, 2.75) is 50.8 Å². The number of halogens is 2. The molecule has 0 nitrogen and oxygen atoms in total. The SMILES string of the molecule is Cc1ccc(CCC(Cl)C2CCCC2)c(Cl)c1. The van der Waals surface area contributed by atoms with Gasteiger partial charge in [-0.1, -0.05) is 36.6 Å². The van der Waals surface area contributed by atoms with E-state index in [0.29, 0.717) is 5.38 Å². The van der Waals surface area contributed by atoms with E-state index in [4.69, 9.17) is 23.2 Å². The van der Waals surface area contributed by atoms with Crippen LogP contribution in [0.25, 0.3) is 0 Å². The third-order valence-electron chi connectivity index (χ3n) is 3.81. The minimum atomic E-state index is 0.329. The molecule has 2 heteroatoms. The Labute approximate surface area is 114 Å². The molecule has 1 saturated carbocycles. The first-order valence-electron chi connectivity index (χ1n) is 6.56. The van der Waals surface area contributed by atoms with E-state index in [1.54, 1.807) is 0 Å². The molecular weight excluding hydrogens is 251 g/mol. The van der Waals surface area contributed by atoms with Gasteiger partial charge >= 0.3 is 0 Å². The Kier molecular flexibility index (Phi) is 4.76. The van der Waals surface area contributed by atoms with Crippen molar-refractivity contribution < 1.29 is 0 Å². The molecule has 0 radical (unpaired) electrons. The van der Waals surface area contributed by atoms with Crippen LogP contribution in [0.15, 0.2) is 18.2 Å². The van der Waals surface area contributed by atoms with Crippen molar-refractivity contribution in [2.75, 3.05) is 0 Å². The van der Waals surface area contributed by atoms with Crippen molar-refractivity contribution in [3.63, 3.8) is 0 Å². The Morgan fingerprint density at radius 2 is 2.00 bits per heavy atom. The van der Waals surface area contributed by atoms with Crippen LogP contribution in [-0.4, -0.2) is 5.38 Å². The van der Waals surface area contributed by atoms with Crippen molar-refractivity contribution in [3.05, 3.63) is 34.3 Å². The summed E-state index contributed by atoms with van der Waals surface area (Å²) in [5, 5.41) is 1.22. The summed E-state index contributed by atoms with van der Waals surface area (Å²) in [6, 6.07) is 6.30. The van der Waals surface area contributed by atoms with Gasteiger partial charge in [-0.25, -0.2) is 0 Å². The molecule has 0 heterocycles. The zero-order valence-corrected chi connectivity index (χ0v) is 11.9. The lowest BCUT2D eigenvalue weighted by atomic mass is 9.97. The lowest BCUT2D eigenvalue weighted by Crippen LogP contribution is -2.12. The summed E-state index contributed by atoms with van der Waals surface area (Å²) in [7, 11) is 0. The van der Waals surface area contributed by atoms with E-state index in [1.165, 1.54) is 36.8 Å². The van der Waals surface area contributed by atoms with Gasteiger partial charge in [0.1, 0.15) is 0 Å². The fraction of sp³-hybridized carbons (Fsp3) is 0.600. The van der Waals surface area contributed by atoms with Gasteiger partial charge in [-0.3, -0.25) is 0 Å². The van der Waals surface area contributed by atoms with Crippen LogP contribution in [0, 0.1) is 12.8 Å². The first-order valence-corrected chi connectivity index (χ1v) is 7.37. The van der Waals surface area contributed by atoms with Crippen molar-refractivity contribution in [1.29, 1.82) is 0 Å². The highest BCUT2D eigenvalue weighted by Crippen LogP contribution is 2.33. The second-order valence-electron chi connectivity index (χ2n) is 5.19. The molecule has 0 saturated heterocycles. The van der Waals surface area contributed by atoms with E-state index in [2.05, 4.69) is 19.1 Å². The number of benzene rings is 1. The van der Waals surface area contributed by atoms with Gasteiger partial charge in [0.2, 0.25) is 0 Å². The topological polar surface area (TPSA) is 0 Å². The summed E-state index contributed by atoms with van der Waals surface area (Å²) in [5.74, 6) is 0.737. The molecule has 1 fully saturated rings. The van der Waals surface area contributed by atoms with Gasteiger partial charge in [0, 0.05) is 10.4 Å². The van der Waals surface area contributed by atoms with Crippen molar-refractivity contribution in [2.24, 2.45) is 5.92 Å². The smallest absolute Gasteiger partial charge is 0.0440 e. The third kappa shape index (κ3) is 3.63. The van der Waals surface area contributed by atoms with Crippen LogP contribution in [-0.2, 0) is 6.42 Å². The lowest BCUT2D eigenvalue weighted by Gasteiger charge is -2.16. The number of aryl methyl sites for hydroxylation is 2. The predicted molar refractivity (Wildman–Crippen MR) is 76.1 cm³/mol. The summed E-state index contributed by atoms with van der Waals surface area (Å²) in [4.78, 5) is 0. The van der Waals surface area contributed by atoms with Crippen LogP contribution in [0.5, 0.6) is 0 Å². The van der Waals surface area contributed by atoms with Gasteiger partial charge in [-0.05, 0) is 55.7 Å². The average molecular weight is 271 g/mol. The van der Waals surface area contributed by atoms with Crippen molar-refractivity contribution in [1.82, 2.24) is 0 Å². The minimum absolute atomic E-state index is 0.329. The summed E-state index contributed by atoms with van der Waals surface area (Å²) in [6.07, 6.45) is 7.41. The maximum absolute atomic E-state index is 6.48. The number of alkyl halides is 1. The molecule has 0 amide bonds. The average Bonchev–Trinajstić information content (AvgIpc) is 2.81. The van der Waals surface area contributed by atoms with Crippen LogP contribution >= 0.6 is 23.2 Å². The Balaban J connectivity index is 1.88. The molecule has 2 rings (SSSR count). The zero-order chi connectivity index (χ0) is 12.3. The van der Waals surface area contributed by atoms with Gasteiger partial charge in [0.15, 0.2) is 0 Å². The van der Waals surface area contributed by atoms with Gasteiger partial charge in [-0.2, -0.15) is 0 Å². The third-order valence-corrected chi connectivity index (χ3v) is 4.74. The van der Waals surface area contributed by atoms with E-state index < -0.39 is 0 Å². The zero-order valence-electron chi connectivity index (χ0n) is 10.4. The number of hydrogen-bond acceptors (Lipinski definition) is 0. The van der Waals surface area contributed by atoms with Crippen LogP contribution in [0.3, 0.4) is 0 Å². The molecular formula is C15H20Cl2. The maximum atomic E-state index is 6.48. The van der Waals surface area contributed by atoms with Crippen LogP contribution < -0.4 is 0 Å². The molecule has 0 aliphatic heterocycles. The Morgan fingerprint density at radius 3 is 2.65 bits per heavy atom. The van der Waals surface area contributed by atoms with E-state index in [-0.39, 0.29) is 0 Å². The molecule has 0 spiro atoms. The Morgan fingerprint density at radius 1 is 1.29 bits per heavy atom. The van der Waals surface area contributed by atoms with Gasteiger partial charge in [0.25, 0.3) is 0 Å². The standard InChI is InChI=1S/C15H20Cl2/c1-11-6-7-13(15(17)10-11)8-9-14(16)12-4-2-3-5-12/h6-7,10,12,14H,2-5,8-9H2,1H3. The molecule has 94 valence electrons. The molecule has 1 aliphatic carbocycles. The highest BCUT2D eigenvalue weighted by atomic mass is 35.5. The normalized spacial score (nSPS) is 18.5. The monoisotopic (exact) mass is 270 g/mol. The molecule has 17 heavy (non-hydrogen) atoms. The highest BCUT2D eigenvalue weighted by Gasteiger charge is 2.22. The molecule has 1 unspecified atom stereocenters. The predicted octanol–water partition coefficient (Wildman–Crippen LogP) is 5.38. The molecule has 1 atom stereocenters. The largest absolute Gasteiger partial charge is 0.123 e. The number of hydrogen-bond donors (Lipinski definition) is 0. The van der Waals surface area contributed by atoms with E-state index in [1.807, 2.05) is 6.07 Å². The fourth-order valence-electron chi connectivity index (χ4n) is 2.70. The summed E-state index contributed by atoms with van der Waals surface area (Å²) in [6.45, 7) is 2.07. The second-order valence-corrected chi connectivity index (χ2v) is 6.16. The summed E-state index contributed by atoms with van der Waals surface area (Å²) >= 11 is 12.7. The van der Waals surface area contributed by atoms with Crippen LogP contribution in [0.4, 0.5) is 0 Å². The minimum Gasteiger partial charge on any atom is -0.123 e. The first-order chi connectivity index (χ1) is 8.16. The maximum Gasteiger partial charge on any atom is 0.0440 e. The van der Waals surface area contributed by atoms with Crippen LogP contribution in [0.1, 0.15) is 43.2 Å². The summed E-state index contributed by atoms with van der Waals surface area (Å²) < 4.78 is 0. The van der Waals surface area contributed by atoms with Crippen molar-refractivity contribution in [3.8, 4) is 0 Å². The van der Waals surface area contributed by atoms with Crippen molar-refractivity contribution >= 4 is 23.2 Å². The fourth-order valence-corrected chi connectivity index (χ4v) is 3.39. The molecule has 1 aromatic carbocycles. The Hall–Kier alpha value is -0.200. The lowest BCUT2D eigenvalue weighted by molar-refractivity contribution is 0.492. The Bertz CT molecular complexity index is 367. The van der Waals surface area contributed by atoms with Gasteiger partial charge in [-0.15, -0.1) is 11.6 Å². The second kappa shape index (κ2) is 6.11. The van der Waals surface area contributed by atoms with Crippen LogP contribution in [0.2, 0.25) is 5.02 Å². The summed E-state index contributed by atoms with van der Waals surface area (Å²) in [5.41, 5.74) is 2.46. The van der Waals surface area contributed by atoms with E-state index in [9.17, 15) is 0 Å². The first kappa shape index (κ1) is 13.2. The van der Waals surface area contributed by atoms with Gasteiger partial charge < -0.3 is 0 Å². The molecule has 1 aliphatic rings. The quantitative estimate of drug-likeness (QED) is 0.645. The highest BCUT2D eigenvalue weighted by molar-refractivity contribution is 6.31. The molecule has 0 N–H and O–H groups in total. The van der Waals surface area contributed by atoms with E-state index in [0.717, 1.165) is 23.8 Å². The molecule has 1 aromatic rings. The number of rotatable bonds is 4. The molecule has 0 aromatic heterocycles. The van der Waals surface area contributed by atoms with E-state index >= 15 is 0 Å². The molecule has 0 bridgehead atoms. The van der Waals surface area contributed by atoms with Gasteiger partial charge in [0.05, 0.1) is 0 Å².